The number of aliphatic hydroxyl groups excluding tert-OH is 1. The first-order chi connectivity index (χ1) is 9.88. The maximum Gasteiger partial charge on any atom is 0.242 e. The molecule has 122 valence electrons. The maximum atomic E-state index is 12.4. The Bertz CT molecular complexity index is 350. The van der Waals surface area contributed by atoms with Gasteiger partial charge in [-0.3, -0.25) is 9.59 Å². The standard InChI is InChI=1S/C16H30N2O3/c1-16(2,3)15(21)18-11-8-9-13(18)14(20)17-10-6-4-5-7-12-19/h13,19H,4-12H2,1-3H3,(H,17,20)/t13-/m1/s1. The van der Waals surface area contributed by atoms with E-state index in [0.717, 1.165) is 38.5 Å². The number of nitrogens with one attached hydrogen (secondary N) is 1. The molecule has 0 saturated carbocycles. The first kappa shape index (κ1) is 18.0. The molecule has 1 fully saturated rings. The van der Waals surface area contributed by atoms with Crippen molar-refractivity contribution in [2.75, 3.05) is 19.7 Å². The number of carbonyl (C=O) groups is 2. The van der Waals surface area contributed by atoms with Gasteiger partial charge in [0.05, 0.1) is 0 Å². The van der Waals surface area contributed by atoms with Crippen LogP contribution in [0.3, 0.4) is 0 Å². The van der Waals surface area contributed by atoms with Crippen molar-refractivity contribution >= 4 is 11.8 Å². The number of carbonyl (C=O) groups excluding carboxylic acids is 2. The average molecular weight is 298 g/mol. The fraction of sp³-hybridized carbons (Fsp3) is 0.875. The Hall–Kier alpha value is -1.10. The highest BCUT2D eigenvalue weighted by Gasteiger charge is 2.38. The highest BCUT2D eigenvalue weighted by atomic mass is 16.3. The second-order valence-electron chi connectivity index (χ2n) is 6.84. The Morgan fingerprint density at radius 3 is 2.48 bits per heavy atom. The molecule has 0 spiro atoms. The number of unbranched alkanes of at least 4 members (excludes halogenated alkanes) is 3. The van der Waals surface area contributed by atoms with Crippen LogP contribution in [0.15, 0.2) is 0 Å². The van der Waals surface area contributed by atoms with Crippen molar-refractivity contribution in [2.24, 2.45) is 5.41 Å². The third-order valence-electron chi connectivity index (χ3n) is 3.84. The number of rotatable bonds is 7. The van der Waals surface area contributed by atoms with Crippen LogP contribution in [0.1, 0.15) is 59.3 Å². The number of likely N-dealkylation sites (tertiary alicyclic amines) is 1. The fourth-order valence-corrected chi connectivity index (χ4v) is 2.63. The summed E-state index contributed by atoms with van der Waals surface area (Å²) in [5.41, 5.74) is -0.437. The summed E-state index contributed by atoms with van der Waals surface area (Å²) in [7, 11) is 0. The lowest BCUT2D eigenvalue weighted by Gasteiger charge is -2.30. The van der Waals surface area contributed by atoms with E-state index >= 15 is 0 Å². The predicted octanol–water partition coefficient (Wildman–Crippen LogP) is 1.69. The minimum atomic E-state index is -0.437. The van der Waals surface area contributed by atoms with Crippen molar-refractivity contribution in [1.82, 2.24) is 10.2 Å². The smallest absolute Gasteiger partial charge is 0.242 e. The van der Waals surface area contributed by atoms with E-state index in [-0.39, 0.29) is 24.5 Å². The zero-order valence-electron chi connectivity index (χ0n) is 13.7. The van der Waals surface area contributed by atoms with Crippen molar-refractivity contribution in [1.29, 1.82) is 0 Å². The fourth-order valence-electron chi connectivity index (χ4n) is 2.63. The highest BCUT2D eigenvalue weighted by molar-refractivity contribution is 5.90. The molecular formula is C16H30N2O3. The monoisotopic (exact) mass is 298 g/mol. The predicted molar refractivity (Wildman–Crippen MR) is 82.8 cm³/mol. The Kier molecular flexibility index (Phi) is 7.15. The van der Waals surface area contributed by atoms with E-state index in [9.17, 15) is 9.59 Å². The van der Waals surface area contributed by atoms with E-state index in [1.807, 2.05) is 20.8 Å². The van der Waals surface area contributed by atoms with Gasteiger partial charge in [0, 0.05) is 25.1 Å². The minimum absolute atomic E-state index is 0.0211. The van der Waals surface area contributed by atoms with Crippen LogP contribution in [0.5, 0.6) is 0 Å². The summed E-state index contributed by atoms with van der Waals surface area (Å²) in [5.74, 6) is 0.0374. The number of hydrogen-bond donors (Lipinski definition) is 2. The second-order valence-corrected chi connectivity index (χ2v) is 6.84. The first-order valence-corrected chi connectivity index (χ1v) is 8.07. The molecule has 5 heteroatoms. The van der Waals surface area contributed by atoms with Gasteiger partial charge >= 0.3 is 0 Å². The lowest BCUT2D eigenvalue weighted by molar-refractivity contribution is -0.144. The van der Waals surface area contributed by atoms with Crippen LogP contribution in [0.4, 0.5) is 0 Å². The van der Waals surface area contributed by atoms with Gasteiger partial charge in [-0.15, -0.1) is 0 Å². The van der Waals surface area contributed by atoms with Crippen molar-refractivity contribution in [3.63, 3.8) is 0 Å². The summed E-state index contributed by atoms with van der Waals surface area (Å²) in [5, 5.41) is 11.6. The van der Waals surface area contributed by atoms with Crippen molar-refractivity contribution in [2.45, 2.75) is 65.3 Å². The highest BCUT2D eigenvalue weighted by Crippen LogP contribution is 2.25. The molecule has 21 heavy (non-hydrogen) atoms. The Labute approximate surface area is 128 Å². The molecular weight excluding hydrogens is 268 g/mol. The summed E-state index contributed by atoms with van der Waals surface area (Å²) in [4.78, 5) is 26.3. The zero-order valence-corrected chi connectivity index (χ0v) is 13.7. The molecule has 2 N–H and O–H groups in total. The third-order valence-corrected chi connectivity index (χ3v) is 3.84. The molecule has 1 heterocycles. The molecule has 0 unspecified atom stereocenters. The summed E-state index contributed by atoms with van der Waals surface area (Å²) < 4.78 is 0. The van der Waals surface area contributed by atoms with Gasteiger partial charge in [-0.25, -0.2) is 0 Å². The normalized spacial score (nSPS) is 18.9. The molecule has 0 radical (unpaired) electrons. The van der Waals surface area contributed by atoms with Crippen molar-refractivity contribution < 1.29 is 14.7 Å². The van der Waals surface area contributed by atoms with E-state index in [1.54, 1.807) is 4.90 Å². The maximum absolute atomic E-state index is 12.4. The molecule has 5 nitrogen and oxygen atoms in total. The third kappa shape index (κ3) is 5.65. The summed E-state index contributed by atoms with van der Waals surface area (Å²) in [6.45, 7) is 7.25. The average Bonchev–Trinajstić information content (AvgIpc) is 2.89. The summed E-state index contributed by atoms with van der Waals surface area (Å²) in [6, 6.07) is -0.297. The van der Waals surface area contributed by atoms with E-state index in [4.69, 9.17) is 5.11 Å². The minimum Gasteiger partial charge on any atom is -0.396 e. The number of hydrogen-bond acceptors (Lipinski definition) is 3. The van der Waals surface area contributed by atoms with Crippen LogP contribution in [-0.2, 0) is 9.59 Å². The SMILES string of the molecule is CC(C)(C)C(=O)N1CCC[C@@H]1C(=O)NCCCCCCO. The quantitative estimate of drug-likeness (QED) is 0.703. The molecule has 1 atom stereocenters. The lowest BCUT2D eigenvalue weighted by Crippen LogP contribution is -2.49. The number of amides is 2. The Morgan fingerprint density at radius 2 is 1.86 bits per heavy atom. The largest absolute Gasteiger partial charge is 0.396 e. The van der Waals surface area contributed by atoms with Crippen LogP contribution in [0.25, 0.3) is 0 Å². The molecule has 0 aliphatic carbocycles. The van der Waals surface area contributed by atoms with Crippen molar-refractivity contribution in [3.8, 4) is 0 Å². The van der Waals surface area contributed by atoms with Gasteiger partial charge in [0.2, 0.25) is 11.8 Å². The Balaban J connectivity index is 2.37. The van der Waals surface area contributed by atoms with Crippen LogP contribution >= 0.6 is 0 Å². The van der Waals surface area contributed by atoms with Gasteiger partial charge in [0.15, 0.2) is 0 Å². The van der Waals surface area contributed by atoms with E-state index in [0.29, 0.717) is 13.1 Å². The summed E-state index contributed by atoms with van der Waals surface area (Å²) in [6.07, 6.45) is 5.41. The van der Waals surface area contributed by atoms with Crippen LogP contribution < -0.4 is 5.32 Å². The molecule has 0 aromatic rings. The van der Waals surface area contributed by atoms with Gasteiger partial charge < -0.3 is 15.3 Å². The molecule has 1 rings (SSSR count). The van der Waals surface area contributed by atoms with Gasteiger partial charge in [-0.1, -0.05) is 33.6 Å². The number of aliphatic hydroxyl groups is 1. The molecule has 1 aliphatic heterocycles. The Morgan fingerprint density at radius 1 is 1.19 bits per heavy atom. The second kappa shape index (κ2) is 8.37. The number of nitrogens with zero attached hydrogens (tertiary/aromatic N) is 1. The van der Waals surface area contributed by atoms with E-state index in [2.05, 4.69) is 5.32 Å². The zero-order chi connectivity index (χ0) is 15.9. The lowest BCUT2D eigenvalue weighted by atomic mass is 9.94. The van der Waals surface area contributed by atoms with Crippen LogP contribution in [0.2, 0.25) is 0 Å². The van der Waals surface area contributed by atoms with Gasteiger partial charge in [0.25, 0.3) is 0 Å². The molecule has 0 bridgehead atoms. The molecule has 1 saturated heterocycles. The van der Waals surface area contributed by atoms with Gasteiger partial charge in [-0.2, -0.15) is 0 Å². The molecule has 2 amide bonds. The summed E-state index contributed by atoms with van der Waals surface area (Å²) >= 11 is 0. The van der Waals surface area contributed by atoms with Crippen LogP contribution in [0, 0.1) is 5.41 Å². The van der Waals surface area contributed by atoms with Crippen LogP contribution in [-0.4, -0.2) is 47.6 Å². The van der Waals surface area contributed by atoms with Gasteiger partial charge in [-0.05, 0) is 25.7 Å². The van der Waals surface area contributed by atoms with E-state index in [1.165, 1.54) is 0 Å². The van der Waals surface area contributed by atoms with Crippen molar-refractivity contribution in [3.05, 3.63) is 0 Å². The molecule has 1 aliphatic rings. The first-order valence-electron chi connectivity index (χ1n) is 8.07. The van der Waals surface area contributed by atoms with E-state index < -0.39 is 5.41 Å². The van der Waals surface area contributed by atoms with Gasteiger partial charge in [0.1, 0.15) is 6.04 Å². The molecule has 0 aromatic heterocycles. The molecule has 0 aromatic carbocycles. The topological polar surface area (TPSA) is 69.6 Å².